The van der Waals surface area contributed by atoms with Gasteiger partial charge in [-0.2, -0.15) is 0 Å². The number of carboxylic acid groups (broad SMARTS) is 1. The number of para-hydroxylation sites is 1. The second-order valence-electron chi connectivity index (χ2n) is 4.75. The van der Waals surface area contributed by atoms with Gasteiger partial charge >= 0.3 is 5.97 Å². The Hall–Kier alpha value is -2.01. The molecule has 1 aromatic carbocycles. The third-order valence-electron chi connectivity index (χ3n) is 3.52. The zero-order valence-corrected chi connectivity index (χ0v) is 11.8. The van der Waals surface area contributed by atoms with E-state index >= 15 is 0 Å². The molecule has 2 aromatic rings. The van der Waals surface area contributed by atoms with Gasteiger partial charge in [0, 0.05) is 31.9 Å². The molecule has 0 saturated carbocycles. The Labute approximate surface area is 121 Å². The molecule has 5 heteroatoms. The summed E-state index contributed by atoms with van der Waals surface area (Å²) in [5.74, 6) is -0.843. The van der Waals surface area contributed by atoms with Crippen molar-refractivity contribution in [3.05, 3.63) is 47.3 Å². The van der Waals surface area contributed by atoms with Crippen LogP contribution in [0.5, 0.6) is 0 Å². The van der Waals surface area contributed by atoms with Crippen LogP contribution in [0.4, 0.5) is 10.7 Å². The third-order valence-corrected chi connectivity index (χ3v) is 4.65. The molecule has 20 heavy (non-hydrogen) atoms. The van der Waals surface area contributed by atoms with Crippen molar-refractivity contribution in [3.8, 4) is 0 Å². The van der Waals surface area contributed by atoms with Gasteiger partial charge in [0.25, 0.3) is 0 Å². The van der Waals surface area contributed by atoms with Crippen molar-refractivity contribution in [1.29, 1.82) is 0 Å². The van der Waals surface area contributed by atoms with Crippen LogP contribution in [0.15, 0.2) is 42.5 Å². The Bertz CT molecular complexity index is 589. The number of piperazine rings is 1. The molecule has 2 heterocycles. The Balaban J connectivity index is 1.65. The van der Waals surface area contributed by atoms with Gasteiger partial charge in [-0.05, 0) is 24.3 Å². The molecule has 104 valence electrons. The van der Waals surface area contributed by atoms with Crippen molar-refractivity contribution < 1.29 is 9.90 Å². The van der Waals surface area contributed by atoms with Crippen LogP contribution in [0.2, 0.25) is 0 Å². The van der Waals surface area contributed by atoms with Crippen LogP contribution in [0.3, 0.4) is 0 Å². The molecule has 1 aliphatic heterocycles. The number of nitrogens with zero attached hydrogens (tertiary/aromatic N) is 2. The highest BCUT2D eigenvalue weighted by molar-refractivity contribution is 7.17. The molecule has 0 spiro atoms. The van der Waals surface area contributed by atoms with E-state index in [0.29, 0.717) is 4.88 Å². The summed E-state index contributed by atoms with van der Waals surface area (Å²) in [6, 6.07) is 14.0. The largest absolute Gasteiger partial charge is 0.477 e. The molecule has 0 atom stereocenters. The molecule has 0 aliphatic carbocycles. The number of benzene rings is 1. The fraction of sp³-hybridized carbons (Fsp3) is 0.267. The fourth-order valence-corrected chi connectivity index (χ4v) is 3.33. The maximum absolute atomic E-state index is 10.9. The zero-order valence-electron chi connectivity index (χ0n) is 11.0. The van der Waals surface area contributed by atoms with E-state index in [2.05, 4.69) is 34.1 Å². The first kappa shape index (κ1) is 13.0. The van der Waals surface area contributed by atoms with Crippen LogP contribution in [0.1, 0.15) is 9.67 Å². The van der Waals surface area contributed by atoms with Crippen molar-refractivity contribution in [2.45, 2.75) is 0 Å². The highest BCUT2D eigenvalue weighted by Crippen LogP contribution is 2.27. The number of carboxylic acids is 1. The average Bonchev–Trinajstić information content (AvgIpc) is 2.98. The molecule has 0 bridgehead atoms. The molecule has 1 N–H and O–H groups in total. The number of anilines is 2. The maximum Gasteiger partial charge on any atom is 0.345 e. The van der Waals surface area contributed by atoms with Crippen molar-refractivity contribution in [2.24, 2.45) is 0 Å². The number of hydrogen-bond donors (Lipinski definition) is 1. The van der Waals surface area contributed by atoms with E-state index in [9.17, 15) is 4.79 Å². The Kier molecular flexibility index (Phi) is 3.60. The second kappa shape index (κ2) is 5.54. The van der Waals surface area contributed by atoms with E-state index in [4.69, 9.17) is 5.11 Å². The van der Waals surface area contributed by atoms with Crippen LogP contribution in [0, 0.1) is 0 Å². The van der Waals surface area contributed by atoms with Crippen molar-refractivity contribution in [1.82, 2.24) is 0 Å². The molecule has 1 aliphatic rings. The first-order chi connectivity index (χ1) is 9.74. The van der Waals surface area contributed by atoms with Gasteiger partial charge in [-0.15, -0.1) is 11.3 Å². The summed E-state index contributed by atoms with van der Waals surface area (Å²) in [7, 11) is 0. The summed E-state index contributed by atoms with van der Waals surface area (Å²) >= 11 is 1.35. The van der Waals surface area contributed by atoms with E-state index in [1.165, 1.54) is 17.0 Å². The fourth-order valence-electron chi connectivity index (χ4n) is 2.44. The van der Waals surface area contributed by atoms with E-state index in [0.717, 1.165) is 31.2 Å². The number of rotatable bonds is 3. The van der Waals surface area contributed by atoms with Gasteiger partial charge in [-0.25, -0.2) is 4.79 Å². The van der Waals surface area contributed by atoms with E-state index in [1.807, 2.05) is 12.1 Å². The summed E-state index contributed by atoms with van der Waals surface area (Å²) in [4.78, 5) is 15.9. The molecule has 3 rings (SSSR count). The third kappa shape index (κ3) is 2.63. The lowest BCUT2D eigenvalue weighted by molar-refractivity contribution is 0.0702. The quantitative estimate of drug-likeness (QED) is 0.943. The monoisotopic (exact) mass is 288 g/mol. The van der Waals surface area contributed by atoms with Crippen LogP contribution in [0.25, 0.3) is 0 Å². The molecule has 4 nitrogen and oxygen atoms in total. The maximum atomic E-state index is 10.9. The number of aromatic carboxylic acids is 1. The minimum Gasteiger partial charge on any atom is -0.477 e. The second-order valence-corrected chi connectivity index (χ2v) is 5.81. The van der Waals surface area contributed by atoms with Gasteiger partial charge in [0.2, 0.25) is 0 Å². The van der Waals surface area contributed by atoms with Crippen LogP contribution < -0.4 is 9.80 Å². The van der Waals surface area contributed by atoms with Crippen molar-refractivity contribution in [3.63, 3.8) is 0 Å². The molecule has 1 saturated heterocycles. The molecule has 0 amide bonds. The van der Waals surface area contributed by atoms with Crippen LogP contribution >= 0.6 is 11.3 Å². The number of carbonyl (C=O) groups is 1. The summed E-state index contributed by atoms with van der Waals surface area (Å²) in [6.45, 7) is 3.78. The lowest BCUT2D eigenvalue weighted by Crippen LogP contribution is -2.46. The smallest absolute Gasteiger partial charge is 0.345 e. The lowest BCUT2D eigenvalue weighted by atomic mass is 10.2. The van der Waals surface area contributed by atoms with Gasteiger partial charge in [-0.3, -0.25) is 0 Å². The molecular weight excluding hydrogens is 272 g/mol. The highest BCUT2D eigenvalue weighted by Gasteiger charge is 2.19. The summed E-state index contributed by atoms with van der Waals surface area (Å²) in [6.07, 6.45) is 0. The predicted octanol–water partition coefficient (Wildman–Crippen LogP) is 2.77. The first-order valence-electron chi connectivity index (χ1n) is 6.62. The molecule has 1 fully saturated rings. The van der Waals surface area contributed by atoms with E-state index in [-0.39, 0.29) is 0 Å². The van der Waals surface area contributed by atoms with Crippen molar-refractivity contribution in [2.75, 3.05) is 36.0 Å². The van der Waals surface area contributed by atoms with Gasteiger partial charge in [-0.1, -0.05) is 18.2 Å². The number of hydrogen-bond acceptors (Lipinski definition) is 4. The van der Waals surface area contributed by atoms with E-state index < -0.39 is 5.97 Å². The normalized spacial score (nSPS) is 15.4. The van der Waals surface area contributed by atoms with Crippen LogP contribution in [-0.4, -0.2) is 37.3 Å². The minimum absolute atomic E-state index is 0.408. The first-order valence-corrected chi connectivity index (χ1v) is 7.44. The SMILES string of the molecule is O=C(O)c1ccc(N2CCN(c3ccccc3)CC2)s1. The van der Waals surface area contributed by atoms with Gasteiger partial charge in [0.1, 0.15) is 4.88 Å². The zero-order chi connectivity index (χ0) is 13.9. The number of thiophene rings is 1. The topological polar surface area (TPSA) is 43.8 Å². The van der Waals surface area contributed by atoms with Crippen LogP contribution in [-0.2, 0) is 0 Å². The molecule has 0 radical (unpaired) electrons. The average molecular weight is 288 g/mol. The van der Waals surface area contributed by atoms with Gasteiger partial charge < -0.3 is 14.9 Å². The Morgan fingerprint density at radius 3 is 2.20 bits per heavy atom. The standard InChI is InChI=1S/C15H16N2O2S/c18-15(19)13-6-7-14(20-13)17-10-8-16(9-11-17)12-4-2-1-3-5-12/h1-7H,8-11H2,(H,18,19). The lowest BCUT2D eigenvalue weighted by Gasteiger charge is -2.36. The summed E-state index contributed by atoms with van der Waals surface area (Å²) in [5, 5.41) is 10.0. The Morgan fingerprint density at radius 1 is 0.950 bits per heavy atom. The summed E-state index contributed by atoms with van der Waals surface area (Å²) < 4.78 is 0. The van der Waals surface area contributed by atoms with Crippen molar-refractivity contribution >= 4 is 28.0 Å². The summed E-state index contributed by atoms with van der Waals surface area (Å²) in [5.41, 5.74) is 1.25. The predicted molar refractivity (Wildman–Crippen MR) is 82.1 cm³/mol. The highest BCUT2D eigenvalue weighted by atomic mass is 32.1. The molecule has 0 unspecified atom stereocenters. The van der Waals surface area contributed by atoms with Gasteiger partial charge in [0.15, 0.2) is 0 Å². The minimum atomic E-state index is -0.843. The Morgan fingerprint density at radius 2 is 1.60 bits per heavy atom. The molecular formula is C15H16N2O2S. The van der Waals surface area contributed by atoms with E-state index in [1.54, 1.807) is 6.07 Å². The van der Waals surface area contributed by atoms with Gasteiger partial charge in [0.05, 0.1) is 5.00 Å². The molecule has 1 aromatic heterocycles.